The van der Waals surface area contributed by atoms with Gasteiger partial charge in [0.05, 0.1) is 11.4 Å². The van der Waals surface area contributed by atoms with E-state index in [0.29, 0.717) is 0 Å². The van der Waals surface area contributed by atoms with E-state index in [0.717, 1.165) is 11.4 Å². The lowest BCUT2D eigenvalue weighted by Gasteiger charge is -1.91. The first-order valence-corrected chi connectivity index (χ1v) is 6.47. The van der Waals surface area contributed by atoms with Crippen molar-refractivity contribution in [3.63, 3.8) is 0 Å². The summed E-state index contributed by atoms with van der Waals surface area (Å²) < 4.78 is 0. The van der Waals surface area contributed by atoms with Crippen LogP contribution in [0, 0.1) is 6.92 Å². The van der Waals surface area contributed by atoms with Gasteiger partial charge >= 0.3 is 0 Å². The molecule has 0 aliphatic rings. The molecule has 0 radical (unpaired) electrons. The third-order valence-electron chi connectivity index (χ3n) is 3.60. The van der Waals surface area contributed by atoms with Crippen LogP contribution in [0.2, 0.25) is 0 Å². The van der Waals surface area contributed by atoms with Gasteiger partial charge in [-0.3, -0.25) is 0 Å². The quantitative estimate of drug-likeness (QED) is 0.491. The van der Waals surface area contributed by atoms with Crippen LogP contribution in [0.5, 0.6) is 0 Å². The van der Waals surface area contributed by atoms with Gasteiger partial charge in [-0.15, -0.1) is 0 Å². The van der Waals surface area contributed by atoms with Crippen molar-refractivity contribution in [3.8, 4) is 11.4 Å². The van der Waals surface area contributed by atoms with Gasteiger partial charge in [0.2, 0.25) is 0 Å². The topological polar surface area (TPSA) is 31.6 Å². The van der Waals surface area contributed by atoms with Crippen molar-refractivity contribution in [1.82, 2.24) is 9.97 Å². The molecule has 4 rings (SSSR count). The van der Waals surface area contributed by atoms with E-state index in [4.69, 9.17) is 0 Å². The number of aryl methyl sites for hydroxylation is 1. The molecule has 0 unspecified atom stereocenters. The van der Waals surface area contributed by atoms with Gasteiger partial charge in [-0.2, -0.15) is 0 Å². The number of H-pyrrole nitrogens is 2. The van der Waals surface area contributed by atoms with Gasteiger partial charge in [0, 0.05) is 21.8 Å². The smallest absolute Gasteiger partial charge is 0.0630 e. The van der Waals surface area contributed by atoms with Crippen LogP contribution in [0.25, 0.3) is 33.2 Å². The van der Waals surface area contributed by atoms with Crippen molar-refractivity contribution < 1.29 is 0 Å². The van der Waals surface area contributed by atoms with Crippen LogP contribution in [-0.4, -0.2) is 9.97 Å². The van der Waals surface area contributed by atoms with Crippen molar-refractivity contribution in [2.24, 2.45) is 0 Å². The van der Waals surface area contributed by atoms with Crippen molar-refractivity contribution in [1.29, 1.82) is 0 Å². The summed E-state index contributed by atoms with van der Waals surface area (Å²) in [6.45, 7) is 2.12. The van der Waals surface area contributed by atoms with E-state index in [1.54, 1.807) is 0 Å². The molecule has 0 atom stereocenters. The Hall–Kier alpha value is -2.48. The molecule has 0 spiro atoms. The Kier molecular flexibility index (Phi) is 2.06. The standard InChI is InChI=1S/C17H14N2/c1-11-6-7-15-13(8-11)10-17(19-15)16-9-12-4-2-3-5-14(12)18-16/h2-10,18-19H,1H3. The Morgan fingerprint density at radius 3 is 2.16 bits per heavy atom. The summed E-state index contributed by atoms with van der Waals surface area (Å²) in [6, 6.07) is 19.2. The molecule has 0 amide bonds. The lowest BCUT2D eigenvalue weighted by atomic mass is 10.2. The summed E-state index contributed by atoms with van der Waals surface area (Å²) >= 11 is 0. The fourth-order valence-electron chi connectivity index (χ4n) is 2.62. The number of aromatic nitrogens is 2. The summed E-state index contributed by atoms with van der Waals surface area (Å²) in [7, 11) is 0. The SMILES string of the molecule is Cc1ccc2[nH]c(-c3cc4ccccc4[nH]3)cc2c1. The van der Waals surface area contributed by atoms with Gasteiger partial charge in [0.25, 0.3) is 0 Å². The summed E-state index contributed by atoms with van der Waals surface area (Å²) in [6.07, 6.45) is 0. The van der Waals surface area contributed by atoms with Gasteiger partial charge in [0.15, 0.2) is 0 Å². The molecule has 2 heteroatoms. The lowest BCUT2D eigenvalue weighted by molar-refractivity contribution is 1.38. The second kappa shape index (κ2) is 3.75. The van der Waals surface area contributed by atoms with Gasteiger partial charge in [0.1, 0.15) is 0 Å². The number of para-hydroxylation sites is 1. The molecule has 2 heterocycles. The normalized spacial score (nSPS) is 11.4. The number of benzene rings is 2. The fraction of sp³-hybridized carbons (Fsp3) is 0.0588. The van der Waals surface area contributed by atoms with Crippen LogP contribution in [0.3, 0.4) is 0 Å². The van der Waals surface area contributed by atoms with Crippen LogP contribution >= 0.6 is 0 Å². The Morgan fingerprint density at radius 1 is 0.684 bits per heavy atom. The Balaban J connectivity index is 1.93. The zero-order chi connectivity index (χ0) is 12.8. The molecule has 0 bridgehead atoms. The highest BCUT2D eigenvalue weighted by Gasteiger charge is 2.06. The first-order chi connectivity index (χ1) is 9.29. The molecule has 19 heavy (non-hydrogen) atoms. The van der Waals surface area contributed by atoms with Crippen molar-refractivity contribution in [2.45, 2.75) is 6.92 Å². The van der Waals surface area contributed by atoms with Crippen molar-refractivity contribution >= 4 is 21.8 Å². The fourth-order valence-corrected chi connectivity index (χ4v) is 2.62. The highest BCUT2D eigenvalue weighted by Crippen LogP contribution is 2.27. The third-order valence-corrected chi connectivity index (χ3v) is 3.60. The number of fused-ring (bicyclic) bond motifs is 2. The van der Waals surface area contributed by atoms with E-state index in [1.165, 1.54) is 27.4 Å². The number of rotatable bonds is 1. The first-order valence-electron chi connectivity index (χ1n) is 6.47. The molecule has 0 aliphatic heterocycles. The predicted molar refractivity (Wildman–Crippen MR) is 80.3 cm³/mol. The van der Waals surface area contributed by atoms with Crippen molar-refractivity contribution in [3.05, 3.63) is 60.2 Å². The second-order valence-electron chi connectivity index (χ2n) is 5.04. The van der Waals surface area contributed by atoms with Crippen LogP contribution in [0.15, 0.2) is 54.6 Å². The minimum absolute atomic E-state index is 1.13. The van der Waals surface area contributed by atoms with Crippen LogP contribution in [-0.2, 0) is 0 Å². The molecule has 2 aromatic heterocycles. The zero-order valence-electron chi connectivity index (χ0n) is 10.7. The molecule has 0 saturated heterocycles. The molecule has 92 valence electrons. The van der Waals surface area contributed by atoms with E-state index in [2.05, 4.69) is 71.5 Å². The summed E-state index contributed by atoms with van der Waals surface area (Å²) in [5.74, 6) is 0. The Labute approximate surface area is 111 Å². The van der Waals surface area contributed by atoms with Crippen molar-refractivity contribution in [2.75, 3.05) is 0 Å². The summed E-state index contributed by atoms with van der Waals surface area (Å²) in [5.41, 5.74) is 5.91. The minimum Gasteiger partial charge on any atom is -0.353 e. The van der Waals surface area contributed by atoms with Crippen LogP contribution in [0.4, 0.5) is 0 Å². The Morgan fingerprint density at radius 2 is 1.37 bits per heavy atom. The second-order valence-corrected chi connectivity index (χ2v) is 5.04. The Bertz CT molecular complexity index is 847. The van der Waals surface area contributed by atoms with Crippen LogP contribution < -0.4 is 0 Å². The van der Waals surface area contributed by atoms with E-state index in [1.807, 2.05) is 0 Å². The molecular formula is C17H14N2. The molecule has 0 saturated carbocycles. The molecular weight excluding hydrogens is 232 g/mol. The van der Waals surface area contributed by atoms with E-state index in [9.17, 15) is 0 Å². The third kappa shape index (κ3) is 1.65. The summed E-state index contributed by atoms with van der Waals surface area (Å²) in [4.78, 5) is 6.92. The number of hydrogen-bond acceptors (Lipinski definition) is 0. The minimum atomic E-state index is 1.13. The average molecular weight is 246 g/mol. The number of hydrogen-bond donors (Lipinski definition) is 2. The maximum atomic E-state index is 3.47. The molecule has 0 aliphatic carbocycles. The van der Waals surface area contributed by atoms with Gasteiger partial charge in [-0.1, -0.05) is 29.8 Å². The highest BCUT2D eigenvalue weighted by atomic mass is 14.8. The molecule has 2 N–H and O–H groups in total. The van der Waals surface area contributed by atoms with Gasteiger partial charge in [-0.25, -0.2) is 0 Å². The van der Waals surface area contributed by atoms with E-state index >= 15 is 0 Å². The number of nitrogens with one attached hydrogen (secondary N) is 2. The molecule has 4 aromatic rings. The summed E-state index contributed by atoms with van der Waals surface area (Å²) in [5, 5.41) is 2.50. The maximum Gasteiger partial charge on any atom is 0.0630 e. The maximum absolute atomic E-state index is 3.47. The predicted octanol–water partition coefficient (Wildman–Crippen LogP) is 4.62. The monoisotopic (exact) mass is 246 g/mol. The van der Waals surface area contributed by atoms with E-state index < -0.39 is 0 Å². The van der Waals surface area contributed by atoms with Gasteiger partial charge in [-0.05, 0) is 37.3 Å². The molecule has 2 nitrogen and oxygen atoms in total. The molecule has 0 fully saturated rings. The highest BCUT2D eigenvalue weighted by molar-refractivity contribution is 5.90. The van der Waals surface area contributed by atoms with Crippen LogP contribution in [0.1, 0.15) is 5.56 Å². The van der Waals surface area contributed by atoms with Gasteiger partial charge < -0.3 is 9.97 Å². The number of aromatic amines is 2. The average Bonchev–Trinajstić information content (AvgIpc) is 3.00. The lowest BCUT2D eigenvalue weighted by Crippen LogP contribution is -1.75. The zero-order valence-corrected chi connectivity index (χ0v) is 10.7. The first kappa shape index (κ1) is 10.4. The largest absolute Gasteiger partial charge is 0.353 e. The van der Waals surface area contributed by atoms with E-state index in [-0.39, 0.29) is 0 Å². The molecule has 2 aromatic carbocycles.